The summed E-state index contributed by atoms with van der Waals surface area (Å²) in [6.45, 7) is 8.12. The molecule has 0 spiro atoms. The molecule has 0 heterocycles. The van der Waals surface area contributed by atoms with Crippen LogP contribution in [-0.2, 0) is 33.1 Å². The monoisotopic (exact) mass is 1240 g/mol. The van der Waals surface area contributed by atoms with Gasteiger partial charge in [-0.25, -0.2) is 0 Å². The summed E-state index contributed by atoms with van der Waals surface area (Å²) >= 11 is 12.5. The summed E-state index contributed by atoms with van der Waals surface area (Å²) < 4.78 is 76.0. The maximum Gasteiger partial charge on any atom is 2.00 e. The molecule has 0 radical (unpaired) electrons. The number of anilines is 1. The molecule has 0 saturated heterocycles. The average molecular weight is 1240 g/mol. The second kappa shape index (κ2) is 26.3. The largest absolute Gasteiger partial charge is 2.00 e. The Morgan fingerprint density at radius 1 is 0.597 bits per heavy atom. The molecule has 0 aromatic heterocycles. The first-order valence-electron chi connectivity index (χ1n) is 23.2. The van der Waals surface area contributed by atoms with Crippen LogP contribution in [0.3, 0.4) is 0 Å². The normalized spacial score (nSPS) is 11.9. The molecule has 0 aliphatic heterocycles. The molecule has 0 saturated carbocycles. The number of aliphatic imine (C=N–C) groups is 1. The number of amides is 1. The molecule has 8 aromatic carbocycles. The van der Waals surface area contributed by atoms with Gasteiger partial charge in [-0.2, -0.15) is 21.9 Å². The molecule has 0 atom stereocenters. The number of nitrogens with zero attached hydrogens (tertiary/aromatic N) is 5. The number of hydrogen-bond donors (Lipinski definition) is 4. The summed E-state index contributed by atoms with van der Waals surface area (Å²) in [4.78, 5) is 16.5. The van der Waals surface area contributed by atoms with Crippen molar-refractivity contribution in [2.75, 3.05) is 18.5 Å². The summed E-state index contributed by atoms with van der Waals surface area (Å²) in [5.41, 5.74) is 1.65. The molecule has 1 amide bonds. The van der Waals surface area contributed by atoms with E-state index in [9.17, 15) is 46.1 Å². The molecule has 8 rings (SSSR count). The van der Waals surface area contributed by atoms with E-state index in [0.29, 0.717) is 81.6 Å². The first-order valence-corrected chi connectivity index (χ1v) is 26.8. The molecule has 23 heteroatoms. The van der Waals surface area contributed by atoms with Crippen LogP contribution in [0.4, 0.5) is 34.1 Å². The third kappa shape index (κ3) is 14.6. The Bertz CT molecular complexity index is 3860. The number of aromatic hydroxyl groups is 1. The van der Waals surface area contributed by atoms with Gasteiger partial charge in [0.05, 0.1) is 50.0 Å². The smallest absolute Gasteiger partial charge is 0.871 e. The Morgan fingerprint density at radius 2 is 1.06 bits per heavy atom. The van der Waals surface area contributed by atoms with Crippen LogP contribution in [0, 0.1) is 0 Å². The van der Waals surface area contributed by atoms with Crippen LogP contribution in [-0.4, -0.2) is 105 Å². The number of phenols is 1. The van der Waals surface area contributed by atoms with E-state index in [2.05, 4.69) is 30.8 Å². The number of benzene rings is 8. The molecular formula is C54H46BaCl2N6O12S2. The molecule has 392 valence electrons. The van der Waals surface area contributed by atoms with Gasteiger partial charge in [-0.3, -0.25) is 18.9 Å². The molecule has 0 aliphatic rings. The summed E-state index contributed by atoms with van der Waals surface area (Å²) in [5, 5.41) is 59.2. The number of carbonyl (C=O) groups is 1. The van der Waals surface area contributed by atoms with Gasteiger partial charge < -0.3 is 30.1 Å². The number of fused-ring (bicyclic) bond motifs is 2. The fourth-order valence-electron chi connectivity index (χ4n) is 7.69. The third-order valence-electron chi connectivity index (χ3n) is 11.3. The Hall–Kier alpha value is -6.41. The number of carbonyl (C=O) groups excluding carboxylic acids is 1. The van der Waals surface area contributed by atoms with Crippen LogP contribution >= 0.6 is 23.2 Å². The molecule has 0 unspecified atom stereocenters. The fraction of sp³-hybridized carbons (Fsp3) is 0.148. The SMILES string of the molecule is CCOc1cccc(N=C([O-])c2cc3ccccc3c(N=Nc3c(Cl)cc(S(=O)(=O)O)cc3CC)c2[O-])c1.CCOc1cccc(NC(=O)c2cc3ccccc3c(N=Nc3c(Cl)cc(S(=O)(=O)O)cc3CC)c2O)c1.[Ba+2]. The number of rotatable bonds is 16. The van der Waals surface area contributed by atoms with E-state index in [1.807, 2.05) is 13.8 Å². The van der Waals surface area contributed by atoms with E-state index in [1.165, 1.54) is 18.2 Å². The van der Waals surface area contributed by atoms with Gasteiger partial charge in [0.2, 0.25) is 0 Å². The zero-order valence-electron chi connectivity index (χ0n) is 41.6. The average Bonchev–Trinajstić information content (AvgIpc) is 3.40. The van der Waals surface area contributed by atoms with Crippen LogP contribution in [0.2, 0.25) is 10.0 Å². The molecule has 4 N–H and O–H groups in total. The Labute approximate surface area is 493 Å². The summed E-state index contributed by atoms with van der Waals surface area (Å²) in [6.07, 6.45) is 0.661. The number of hydrogen-bond acceptors (Lipinski definition) is 15. The molecule has 0 aliphatic carbocycles. The molecule has 18 nitrogen and oxygen atoms in total. The van der Waals surface area contributed by atoms with Gasteiger partial charge in [0.25, 0.3) is 26.1 Å². The van der Waals surface area contributed by atoms with E-state index in [1.54, 1.807) is 117 Å². The van der Waals surface area contributed by atoms with Gasteiger partial charge in [-0.1, -0.05) is 103 Å². The third-order valence-corrected chi connectivity index (χ3v) is 13.5. The number of aryl methyl sites for hydroxylation is 2. The van der Waals surface area contributed by atoms with Gasteiger partial charge in [0.1, 0.15) is 28.6 Å². The second-order valence-electron chi connectivity index (χ2n) is 16.3. The number of azo groups is 2. The van der Waals surface area contributed by atoms with E-state index in [4.69, 9.17) is 32.7 Å². The van der Waals surface area contributed by atoms with Crippen molar-refractivity contribution in [3.8, 4) is 23.0 Å². The predicted octanol–water partition coefficient (Wildman–Crippen LogP) is 12.3. The van der Waals surface area contributed by atoms with Crippen molar-refractivity contribution < 1.29 is 55.5 Å². The van der Waals surface area contributed by atoms with Gasteiger partial charge in [-0.15, -0.1) is 15.3 Å². The Balaban J connectivity index is 0.000000246. The van der Waals surface area contributed by atoms with Crippen LogP contribution in [0.15, 0.2) is 169 Å². The minimum absolute atomic E-state index is 0. The number of ether oxygens (including phenoxy) is 2. The molecular weight excluding hydrogens is 1200 g/mol. The minimum Gasteiger partial charge on any atom is -0.871 e. The van der Waals surface area contributed by atoms with Crippen molar-refractivity contribution >= 4 is 160 Å². The number of nitrogens with one attached hydrogen (secondary N) is 1. The van der Waals surface area contributed by atoms with Crippen LogP contribution in [0.25, 0.3) is 21.5 Å². The Kier molecular flexibility index (Phi) is 20.4. The molecule has 77 heavy (non-hydrogen) atoms. The quantitative estimate of drug-likeness (QED) is 0.0231. The van der Waals surface area contributed by atoms with E-state index >= 15 is 0 Å². The fourth-order valence-corrected chi connectivity index (χ4v) is 9.49. The van der Waals surface area contributed by atoms with Crippen molar-refractivity contribution in [2.45, 2.75) is 50.3 Å². The van der Waals surface area contributed by atoms with Crippen molar-refractivity contribution in [1.82, 2.24) is 0 Å². The van der Waals surface area contributed by atoms with E-state index < -0.39 is 43.5 Å². The van der Waals surface area contributed by atoms with Gasteiger partial charge in [0.15, 0.2) is 5.75 Å². The van der Waals surface area contributed by atoms with Crippen LogP contribution in [0.1, 0.15) is 54.7 Å². The van der Waals surface area contributed by atoms with E-state index in [-0.39, 0.29) is 103 Å². The summed E-state index contributed by atoms with van der Waals surface area (Å²) in [6, 6.07) is 35.1. The van der Waals surface area contributed by atoms with Gasteiger partial charge in [0, 0.05) is 28.6 Å². The second-order valence-corrected chi connectivity index (χ2v) is 20.0. The first kappa shape index (κ1) is 59.8. The number of phenolic OH excluding ortho intramolecular Hbond substituents is 1. The van der Waals surface area contributed by atoms with Gasteiger partial charge in [-0.05, 0) is 121 Å². The van der Waals surface area contributed by atoms with Crippen molar-refractivity contribution in [1.29, 1.82) is 0 Å². The first-order chi connectivity index (χ1) is 36.2. The summed E-state index contributed by atoms with van der Waals surface area (Å²) in [7, 11) is -8.96. The van der Waals surface area contributed by atoms with Crippen molar-refractivity contribution in [2.24, 2.45) is 25.4 Å². The Morgan fingerprint density at radius 3 is 1.58 bits per heavy atom. The zero-order chi connectivity index (χ0) is 54.9. The summed E-state index contributed by atoms with van der Waals surface area (Å²) in [5.74, 6) is -1.26. The molecule has 0 bridgehead atoms. The van der Waals surface area contributed by atoms with E-state index in [0.717, 1.165) is 12.1 Å². The molecule has 0 fully saturated rings. The van der Waals surface area contributed by atoms with Crippen LogP contribution < -0.4 is 25.0 Å². The number of halogens is 2. The zero-order valence-corrected chi connectivity index (χ0v) is 49.1. The van der Waals surface area contributed by atoms with Crippen LogP contribution in [0.5, 0.6) is 23.0 Å². The van der Waals surface area contributed by atoms with Crippen molar-refractivity contribution in [3.63, 3.8) is 0 Å². The maximum atomic E-state index is 13.4. The predicted molar refractivity (Wildman–Crippen MR) is 294 cm³/mol. The topological polar surface area (TPSA) is 284 Å². The maximum absolute atomic E-state index is 13.4. The van der Waals surface area contributed by atoms with Crippen molar-refractivity contribution in [3.05, 3.63) is 166 Å². The molecule has 8 aromatic rings. The van der Waals surface area contributed by atoms with Gasteiger partial charge >= 0.3 is 48.9 Å². The standard InChI is InChI=1S/2C27H24ClN3O6S.Ba/c2*1-3-16-12-20(38(34,35)36)15-23(28)24(16)30-31-25-21-11-6-5-8-17(21)13-22(26(25)32)27(33)29-18-9-7-10-19(14-18)37-4-2;/h2*5-15,32H,3-4H2,1-2H3,(H,29,33)(H,34,35,36);/q;;+2/p-2. The minimum atomic E-state index is -4.49.